The fourth-order valence-corrected chi connectivity index (χ4v) is 3.48. The van der Waals surface area contributed by atoms with Gasteiger partial charge in [-0.05, 0) is 23.6 Å². The predicted octanol–water partition coefficient (Wildman–Crippen LogP) is 3.34. The van der Waals surface area contributed by atoms with E-state index in [0.29, 0.717) is 27.6 Å². The van der Waals surface area contributed by atoms with E-state index in [2.05, 4.69) is 4.98 Å². The SMILES string of the molecule is O=c1c2cc(Cl)cc(Cl)c2ncn1C[C@H](O)COCc1cccs1. The van der Waals surface area contributed by atoms with Gasteiger partial charge in [0.25, 0.3) is 5.56 Å². The fourth-order valence-electron chi connectivity index (χ4n) is 2.29. The van der Waals surface area contributed by atoms with E-state index in [0.717, 1.165) is 4.88 Å². The van der Waals surface area contributed by atoms with Crippen LogP contribution >= 0.6 is 34.5 Å². The first-order chi connectivity index (χ1) is 11.5. The van der Waals surface area contributed by atoms with E-state index in [1.165, 1.54) is 23.0 Å². The Morgan fingerprint density at radius 1 is 1.38 bits per heavy atom. The smallest absolute Gasteiger partial charge is 0.261 e. The molecule has 2 heterocycles. The number of hydrogen-bond acceptors (Lipinski definition) is 5. The molecular weight excluding hydrogens is 371 g/mol. The van der Waals surface area contributed by atoms with Gasteiger partial charge in [0.1, 0.15) is 0 Å². The molecule has 0 saturated heterocycles. The van der Waals surface area contributed by atoms with Gasteiger partial charge >= 0.3 is 0 Å². The molecule has 0 unspecified atom stereocenters. The van der Waals surface area contributed by atoms with E-state index < -0.39 is 6.10 Å². The third-order valence-electron chi connectivity index (χ3n) is 3.39. The quantitative estimate of drug-likeness (QED) is 0.707. The molecule has 126 valence electrons. The summed E-state index contributed by atoms with van der Waals surface area (Å²) in [6.07, 6.45) is 0.545. The van der Waals surface area contributed by atoms with Gasteiger partial charge in [-0.15, -0.1) is 11.3 Å². The molecule has 0 aliphatic carbocycles. The van der Waals surface area contributed by atoms with Gasteiger partial charge in [0.2, 0.25) is 0 Å². The number of aliphatic hydroxyl groups is 1. The topological polar surface area (TPSA) is 64.4 Å². The van der Waals surface area contributed by atoms with Gasteiger partial charge in [0.15, 0.2) is 0 Å². The number of aliphatic hydroxyl groups excluding tert-OH is 1. The van der Waals surface area contributed by atoms with Crippen LogP contribution in [0.1, 0.15) is 4.88 Å². The molecule has 2 aromatic heterocycles. The maximum atomic E-state index is 12.5. The molecule has 0 aliphatic rings. The number of benzene rings is 1. The van der Waals surface area contributed by atoms with Crippen LogP contribution in [0.15, 0.2) is 40.8 Å². The summed E-state index contributed by atoms with van der Waals surface area (Å²) in [6.45, 7) is 0.639. The Labute approximate surface area is 152 Å². The first-order valence-electron chi connectivity index (χ1n) is 7.17. The molecule has 8 heteroatoms. The molecule has 0 bridgehead atoms. The van der Waals surface area contributed by atoms with Crippen LogP contribution in [0.4, 0.5) is 0 Å². The second-order valence-corrected chi connectivity index (χ2v) is 7.11. The van der Waals surface area contributed by atoms with Gasteiger partial charge < -0.3 is 9.84 Å². The van der Waals surface area contributed by atoms with E-state index in [-0.39, 0.29) is 18.7 Å². The summed E-state index contributed by atoms with van der Waals surface area (Å²) in [6, 6.07) is 6.96. The molecule has 3 aromatic rings. The molecule has 0 fully saturated rings. The molecule has 24 heavy (non-hydrogen) atoms. The third-order valence-corrected chi connectivity index (χ3v) is 4.74. The molecule has 1 atom stereocenters. The molecule has 1 N–H and O–H groups in total. The summed E-state index contributed by atoms with van der Waals surface area (Å²) in [5, 5.41) is 13.0. The highest BCUT2D eigenvalue weighted by atomic mass is 35.5. The fraction of sp³-hybridized carbons (Fsp3) is 0.250. The van der Waals surface area contributed by atoms with Crippen molar-refractivity contribution >= 4 is 45.4 Å². The molecule has 0 radical (unpaired) electrons. The van der Waals surface area contributed by atoms with E-state index >= 15 is 0 Å². The Morgan fingerprint density at radius 2 is 2.21 bits per heavy atom. The molecule has 5 nitrogen and oxygen atoms in total. The maximum absolute atomic E-state index is 12.5. The maximum Gasteiger partial charge on any atom is 0.261 e. The molecule has 0 aliphatic heterocycles. The van der Waals surface area contributed by atoms with Crippen molar-refractivity contribution in [2.24, 2.45) is 0 Å². The Morgan fingerprint density at radius 3 is 2.96 bits per heavy atom. The average molecular weight is 385 g/mol. The van der Waals surface area contributed by atoms with Gasteiger partial charge in [0, 0.05) is 9.90 Å². The predicted molar refractivity (Wildman–Crippen MR) is 96.0 cm³/mol. The number of nitrogens with zero attached hydrogens (tertiary/aromatic N) is 2. The zero-order chi connectivity index (χ0) is 17.1. The highest BCUT2D eigenvalue weighted by Crippen LogP contribution is 2.23. The number of ether oxygens (including phenoxy) is 1. The lowest BCUT2D eigenvalue weighted by atomic mass is 10.2. The minimum absolute atomic E-state index is 0.0797. The van der Waals surface area contributed by atoms with E-state index in [9.17, 15) is 9.90 Å². The van der Waals surface area contributed by atoms with Crippen molar-refractivity contribution in [1.82, 2.24) is 9.55 Å². The van der Waals surface area contributed by atoms with Gasteiger partial charge in [-0.25, -0.2) is 4.98 Å². The van der Waals surface area contributed by atoms with Crippen LogP contribution in [0.2, 0.25) is 10.0 Å². The van der Waals surface area contributed by atoms with E-state index in [4.69, 9.17) is 27.9 Å². The van der Waals surface area contributed by atoms with Crippen LogP contribution in [-0.2, 0) is 17.9 Å². The summed E-state index contributed by atoms with van der Waals surface area (Å²) in [7, 11) is 0. The van der Waals surface area contributed by atoms with Crippen molar-refractivity contribution in [3.05, 3.63) is 61.2 Å². The van der Waals surface area contributed by atoms with Crippen molar-refractivity contribution in [3.8, 4) is 0 Å². The molecule has 0 saturated carbocycles. The summed E-state index contributed by atoms with van der Waals surface area (Å²) in [5.74, 6) is 0. The second-order valence-electron chi connectivity index (χ2n) is 5.23. The van der Waals surface area contributed by atoms with Crippen LogP contribution in [0.25, 0.3) is 10.9 Å². The summed E-state index contributed by atoms with van der Waals surface area (Å²) < 4.78 is 6.79. The minimum Gasteiger partial charge on any atom is -0.389 e. The van der Waals surface area contributed by atoms with Crippen molar-refractivity contribution in [2.45, 2.75) is 19.3 Å². The lowest BCUT2D eigenvalue weighted by molar-refractivity contribution is 0.0207. The standard InChI is InChI=1S/C16H14Cl2N2O3S/c17-10-4-13-15(14(18)5-10)19-9-20(16(13)22)6-11(21)7-23-8-12-2-1-3-24-12/h1-5,9,11,21H,6-8H2/t11-/m0/s1. The monoisotopic (exact) mass is 384 g/mol. The lowest BCUT2D eigenvalue weighted by Crippen LogP contribution is -2.29. The van der Waals surface area contributed by atoms with E-state index in [1.54, 1.807) is 11.3 Å². The highest BCUT2D eigenvalue weighted by molar-refractivity contribution is 7.09. The number of halogens is 2. The summed E-state index contributed by atoms with van der Waals surface area (Å²) in [5.41, 5.74) is 0.0902. The molecule has 3 rings (SSSR count). The van der Waals surface area contributed by atoms with Crippen LogP contribution in [0, 0.1) is 0 Å². The number of thiophene rings is 1. The van der Waals surface area contributed by atoms with Crippen molar-refractivity contribution in [1.29, 1.82) is 0 Å². The van der Waals surface area contributed by atoms with Gasteiger partial charge in [-0.3, -0.25) is 9.36 Å². The number of hydrogen-bond donors (Lipinski definition) is 1. The van der Waals surface area contributed by atoms with Gasteiger partial charge in [-0.2, -0.15) is 0 Å². The first kappa shape index (κ1) is 17.4. The molecular formula is C16H14Cl2N2O3S. The number of aromatic nitrogens is 2. The zero-order valence-corrected chi connectivity index (χ0v) is 14.8. The highest BCUT2D eigenvalue weighted by Gasteiger charge is 2.12. The summed E-state index contributed by atoms with van der Waals surface area (Å²) in [4.78, 5) is 17.7. The van der Waals surface area contributed by atoms with Crippen molar-refractivity contribution in [3.63, 3.8) is 0 Å². The normalized spacial score (nSPS) is 12.6. The minimum atomic E-state index is -0.823. The van der Waals surface area contributed by atoms with Crippen molar-refractivity contribution in [2.75, 3.05) is 6.61 Å². The van der Waals surface area contributed by atoms with Crippen molar-refractivity contribution < 1.29 is 9.84 Å². The van der Waals surface area contributed by atoms with Crippen LogP contribution in [0.5, 0.6) is 0 Å². The van der Waals surface area contributed by atoms with Crippen LogP contribution in [-0.4, -0.2) is 27.4 Å². The van der Waals surface area contributed by atoms with Crippen LogP contribution in [0.3, 0.4) is 0 Å². The Kier molecular flexibility index (Phi) is 5.53. The zero-order valence-electron chi connectivity index (χ0n) is 12.5. The first-order valence-corrected chi connectivity index (χ1v) is 8.80. The molecule has 0 spiro atoms. The number of rotatable bonds is 6. The average Bonchev–Trinajstić information content (AvgIpc) is 3.04. The number of fused-ring (bicyclic) bond motifs is 1. The lowest BCUT2D eigenvalue weighted by Gasteiger charge is -2.13. The van der Waals surface area contributed by atoms with E-state index in [1.807, 2.05) is 17.5 Å². The Bertz CT molecular complexity index is 896. The third kappa shape index (κ3) is 3.96. The Balaban J connectivity index is 1.70. The summed E-state index contributed by atoms with van der Waals surface area (Å²) >= 11 is 13.6. The largest absolute Gasteiger partial charge is 0.389 e. The molecule has 0 amide bonds. The molecule has 1 aromatic carbocycles. The van der Waals surface area contributed by atoms with Crippen LogP contribution < -0.4 is 5.56 Å². The van der Waals surface area contributed by atoms with Gasteiger partial charge in [0.05, 0.1) is 48.1 Å². The Hall–Kier alpha value is -1.44. The van der Waals surface area contributed by atoms with Gasteiger partial charge in [-0.1, -0.05) is 29.3 Å². The second kappa shape index (κ2) is 7.63.